The van der Waals surface area contributed by atoms with E-state index in [4.69, 9.17) is 23.7 Å². The van der Waals surface area contributed by atoms with Gasteiger partial charge in [-0.05, 0) is 12.8 Å². The van der Waals surface area contributed by atoms with Gasteiger partial charge >= 0.3 is 0 Å². The molecule has 0 saturated carbocycles. The van der Waals surface area contributed by atoms with Gasteiger partial charge in [0.15, 0.2) is 0 Å². The minimum absolute atomic E-state index is 0.398. The molecule has 0 aliphatic carbocycles. The molecule has 144 valence electrons. The third-order valence-corrected chi connectivity index (χ3v) is 4.20. The molecule has 0 amide bonds. The molecule has 0 radical (unpaired) electrons. The van der Waals surface area contributed by atoms with E-state index >= 15 is 0 Å². The van der Waals surface area contributed by atoms with E-state index in [2.05, 4.69) is 34.4 Å². The highest BCUT2D eigenvalue weighted by molar-refractivity contribution is 14.1. The Labute approximate surface area is 160 Å². The Morgan fingerprint density at radius 3 is 1.88 bits per heavy atom. The van der Waals surface area contributed by atoms with Crippen LogP contribution in [0.3, 0.4) is 0 Å². The second-order valence-electron chi connectivity index (χ2n) is 5.98. The summed E-state index contributed by atoms with van der Waals surface area (Å²) >= 11 is 2.49. The molecule has 0 bridgehead atoms. The summed E-state index contributed by atoms with van der Waals surface area (Å²) in [7, 11) is 1.66. The van der Waals surface area contributed by atoms with E-state index in [9.17, 15) is 0 Å². The van der Waals surface area contributed by atoms with Gasteiger partial charge in [0.25, 0.3) is 0 Å². The standard InChI is InChI=1S/C17H34INO5/c1-16(18)15-19-5-3-17(4-6-19)24-14-13-23-12-11-22-10-9-21-8-7-20-2/h16-17H,3-15H2,1-2H3. The molecule has 0 aromatic carbocycles. The van der Waals surface area contributed by atoms with Gasteiger partial charge in [-0.25, -0.2) is 0 Å². The average Bonchev–Trinajstić information content (AvgIpc) is 2.57. The van der Waals surface area contributed by atoms with E-state index in [1.807, 2.05) is 0 Å². The van der Waals surface area contributed by atoms with Crippen LogP contribution >= 0.6 is 22.6 Å². The lowest BCUT2D eigenvalue weighted by Gasteiger charge is -2.32. The monoisotopic (exact) mass is 459 g/mol. The van der Waals surface area contributed by atoms with Gasteiger partial charge in [0.2, 0.25) is 0 Å². The number of hydrogen-bond acceptors (Lipinski definition) is 6. The predicted molar refractivity (Wildman–Crippen MR) is 103 cm³/mol. The summed E-state index contributed by atoms with van der Waals surface area (Å²) in [5.41, 5.74) is 0. The van der Waals surface area contributed by atoms with E-state index in [-0.39, 0.29) is 0 Å². The van der Waals surface area contributed by atoms with Crippen LogP contribution in [0.1, 0.15) is 19.8 Å². The SMILES string of the molecule is COCCOCCOCCOCCOC1CCN(CC(C)I)CC1. The fourth-order valence-corrected chi connectivity index (χ4v) is 3.13. The lowest BCUT2D eigenvalue weighted by molar-refractivity contribution is -0.0354. The van der Waals surface area contributed by atoms with Crippen molar-refractivity contribution in [1.82, 2.24) is 4.90 Å². The molecule has 0 spiro atoms. The lowest BCUT2D eigenvalue weighted by atomic mass is 10.1. The van der Waals surface area contributed by atoms with Crippen molar-refractivity contribution in [3.05, 3.63) is 0 Å². The van der Waals surface area contributed by atoms with Gasteiger partial charge in [-0.2, -0.15) is 0 Å². The normalized spacial score (nSPS) is 18.1. The quantitative estimate of drug-likeness (QED) is 0.212. The van der Waals surface area contributed by atoms with Crippen molar-refractivity contribution >= 4 is 22.6 Å². The molecule has 0 N–H and O–H groups in total. The molecule has 1 fully saturated rings. The van der Waals surface area contributed by atoms with Crippen molar-refractivity contribution in [2.45, 2.75) is 29.8 Å². The fourth-order valence-electron chi connectivity index (χ4n) is 2.57. The topological polar surface area (TPSA) is 49.4 Å². The Balaban J connectivity index is 1.79. The van der Waals surface area contributed by atoms with E-state index in [1.165, 1.54) is 6.54 Å². The third kappa shape index (κ3) is 12.8. The molecule has 1 saturated heterocycles. The first-order valence-corrected chi connectivity index (χ1v) is 10.2. The van der Waals surface area contributed by atoms with E-state index in [0.29, 0.717) is 62.9 Å². The van der Waals surface area contributed by atoms with Crippen LogP contribution < -0.4 is 0 Å². The zero-order valence-electron chi connectivity index (χ0n) is 15.2. The molecule has 1 heterocycles. The van der Waals surface area contributed by atoms with Crippen LogP contribution in [-0.2, 0) is 23.7 Å². The van der Waals surface area contributed by atoms with Gasteiger partial charge in [0.1, 0.15) is 0 Å². The second kappa shape index (κ2) is 15.7. The van der Waals surface area contributed by atoms with Crippen LogP contribution in [0.5, 0.6) is 0 Å². The maximum Gasteiger partial charge on any atom is 0.0704 e. The lowest BCUT2D eigenvalue weighted by Crippen LogP contribution is -2.39. The molecule has 1 rings (SSSR count). The molecule has 1 aliphatic heterocycles. The van der Waals surface area contributed by atoms with Gasteiger partial charge in [-0.1, -0.05) is 29.5 Å². The number of methoxy groups -OCH3 is 1. The summed E-state index contributed by atoms with van der Waals surface area (Å²) in [5, 5.41) is 0. The first-order chi connectivity index (χ1) is 11.7. The summed E-state index contributed by atoms with van der Waals surface area (Å²) in [6.45, 7) is 10.7. The second-order valence-corrected chi connectivity index (χ2v) is 8.11. The minimum Gasteiger partial charge on any atom is -0.382 e. The molecular weight excluding hydrogens is 425 g/mol. The molecule has 0 aromatic rings. The average molecular weight is 459 g/mol. The molecule has 6 nitrogen and oxygen atoms in total. The number of hydrogen-bond donors (Lipinski definition) is 0. The van der Waals surface area contributed by atoms with Gasteiger partial charge in [-0.3, -0.25) is 0 Å². The van der Waals surface area contributed by atoms with E-state index in [1.54, 1.807) is 7.11 Å². The Hall–Kier alpha value is 0.490. The predicted octanol–water partition coefficient (Wildman–Crippen LogP) is 1.99. The summed E-state index contributed by atoms with van der Waals surface area (Å²) in [4.78, 5) is 2.53. The van der Waals surface area contributed by atoms with Crippen LogP contribution in [0, 0.1) is 0 Å². The Bertz CT molecular complexity index is 276. The van der Waals surface area contributed by atoms with Crippen LogP contribution in [0.2, 0.25) is 0 Å². The number of halogens is 1. The van der Waals surface area contributed by atoms with Crippen LogP contribution in [0.25, 0.3) is 0 Å². The summed E-state index contributed by atoms with van der Waals surface area (Å²) in [6.07, 6.45) is 2.67. The van der Waals surface area contributed by atoms with Gasteiger partial charge in [0, 0.05) is 30.7 Å². The van der Waals surface area contributed by atoms with Crippen molar-refractivity contribution in [3.8, 4) is 0 Å². The van der Waals surface area contributed by atoms with E-state index < -0.39 is 0 Å². The smallest absolute Gasteiger partial charge is 0.0704 e. The Morgan fingerprint density at radius 2 is 1.38 bits per heavy atom. The number of nitrogens with zero attached hydrogens (tertiary/aromatic N) is 1. The highest BCUT2D eigenvalue weighted by atomic mass is 127. The van der Waals surface area contributed by atoms with Crippen LogP contribution in [0.15, 0.2) is 0 Å². The number of alkyl halides is 1. The Kier molecular flexibility index (Phi) is 14.8. The molecule has 0 aromatic heterocycles. The first kappa shape index (κ1) is 22.5. The number of piperidine rings is 1. The Morgan fingerprint density at radius 1 is 0.875 bits per heavy atom. The molecule has 1 aliphatic rings. The fraction of sp³-hybridized carbons (Fsp3) is 1.00. The summed E-state index contributed by atoms with van der Waals surface area (Å²) in [5.74, 6) is 0. The maximum absolute atomic E-state index is 5.89. The number of likely N-dealkylation sites (tertiary alicyclic amines) is 1. The summed E-state index contributed by atoms with van der Waals surface area (Å²) < 4.78 is 27.7. The minimum atomic E-state index is 0.398. The van der Waals surface area contributed by atoms with Crippen LogP contribution in [-0.4, -0.2) is 94.5 Å². The van der Waals surface area contributed by atoms with Crippen molar-refractivity contribution < 1.29 is 23.7 Å². The third-order valence-electron chi connectivity index (χ3n) is 3.80. The van der Waals surface area contributed by atoms with Crippen molar-refractivity contribution in [1.29, 1.82) is 0 Å². The molecule has 1 atom stereocenters. The molecule has 1 unspecified atom stereocenters. The highest BCUT2D eigenvalue weighted by Gasteiger charge is 2.19. The first-order valence-electron chi connectivity index (χ1n) is 8.92. The zero-order chi connectivity index (χ0) is 17.5. The zero-order valence-corrected chi connectivity index (χ0v) is 17.4. The molecular formula is C17H34INO5. The van der Waals surface area contributed by atoms with Crippen molar-refractivity contribution in [2.24, 2.45) is 0 Å². The van der Waals surface area contributed by atoms with Crippen molar-refractivity contribution in [3.63, 3.8) is 0 Å². The van der Waals surface area contributed by atoms with Crippen molar-refractivity contribution in [2.75, 3.05) is 79.6 Å². The van der Waals surface area contributed by atoms with Gasteiger partial charge < -0.3 is 28.6 Å². The highest BCUT2D eigenvalue weighted by Crippen LogP contribution is 2.15. The van der Waals surface area contributed by atoms with Gasteiger partial charge in [-0.15, -0.1) is 0 Å². The summed E-state index contributed by atoms with van der Waals surface area (Å²) in [6, 6.07) is 0. The van der Waals surface area contributed by atoms with Gasteiger partial charge in [0.05, 0.1) is 59.0 Å². The number of ether oxygens (including phenoxy) is 5. The largest absolute Gasteiger partial charge is 0.382 e. The number of rotatable bonds is 15. The molecule has 24 heavy (non-hydrogen) atoms. The maximum atomic E-state index is 5.89. The van der Waals surface area contributed by atoms with Crippen LogP contribution in [0.4, 0.5) is 0 Å². The molecule has 7 heteroatoms. The van der Waals surface area contributed by atoms with E-state index in [0.717, 1.165) is 25.9 Å².